The van der Waals surface area contributed by atoms with Crippen molar-refractivity contribution in [3.63, 3.8) is 0 Å². The zero-order chi connectivity index (χ0) is 13.1. The Morgan fingerprint density at radius 3 is 2.50 bits per heavy atom. The van der Waals surface area contributed by atoms with Crippen molar-refractivity contribution in [1.82, 2.24) is 15.0 Å². The molecule has 5 heteroatoms. The van der Waals surface area contributed by atoms with Gasteiger partial charge in [-0.3, -0.25) is 4.79 Å². The lowest BCUT2D eigenvalue weighted by Gasteiger charge is -2.04. The van der Waals surface area contributed by atoms with Crippen LogP contribution in [-0.4, -0.2) is 20.8 Å². The van der Waals surface area contributed by atoms with E-state index in [1.54, 1.807) is 6.20 Å². The third-order valence-corrected chi connectivity index (χ3v) is 2.64. The molecule has 0 aliphatic carbocycles. The van der Waals surface area contributed by atoms with Crippen LogP contribution < -0.4 is 5.73 Å². The van der Waals surface area contributed by atoms with Crippen molar-refractivity contribution >= 4 is 5.78 Å². The number of ketones is 1. The summed E-state index contributed by atoms with van der Waals surface area (Å²) >= 11 is 0. The number of aromatic nitrogens is 3. The van der Waals surface area contributed by atoms with E-state index in [2.05, 4.69) is 10.3 Å². The van der Waals surface area contributed by atoms with Crippen molar-refractivity contribution in [2.24, 2.45) is 5.73 Å². The molecule has 94 valence electrons. The Morgan fingerprint density at radius 1 is 1.28 bits per heavy atom. The van der Waals surface area contributed by atoms with E-state index in [0.29, 0.717) is 17.8 Å². The quantitative estimate of drug-likeness (QED) is 0.821. The van der Waals surface area contributed by atoms with Crippen LogP contribution in [0.15, 0.2) is 24.4 Å². The second-order valence-electron chi connectivity index (χ2n) is 4.41. The number of hydrogen-bond acceptors (Lipinski definition) is 4. The van der Waals surface area contributed by atoms with Gasteiger partial charge in [-0.05, 0) is 26.0 Å². The fourth-order valence-corrected chi connectivity index (χ4v) is 1.88. The summed E-state index contributed by atoms with van der Waals surface area (Å²) in [5.74, 6) is 0.0234. The van der Waals surface area contributed by atoms with Crippen LogP contribution in [0.5, 0.6) is 0 Å². The summed E-state index contributed by atoms with van der Waals surface area (Å²) in [4.78, 5) is 12.1. The number of carbonyl (C=O) groups is 1. The number of aryl methyl sites for hydroxylation is 2. The Morgan fingerprint density at radius 2 is 1.94 bits per heavy atom. The smallest absolute Gasteiger partial charge is 0.184 e. The molecule has 0 bridgehead atoms. The molecule has 0 atom stereocenters. The number of nitrogens with zero attached hydrogens (tertiary/aromatic N) is 3. The largest absolute Gasteiger partial charge is 0.325 e. The lowest BCUT2D eigenvalue weighted by molar-refractivity contribution is 0.0967. The number of benzene rings is 1. The molecule has 1 aromatic heterocycles. The molecule has 5 nitrogen and oxygen atoms in total. The Kier molecular flexibility index (Phi) is 3.53. The molecule has 0 saturated carbocycles. The van der Waals surface area contributed by atoms with Crippen molar-refractivity contribution in [3.05, 3.63) is 46.8 Å². The highest BCUT2D eigenvalue weighted by Crippen LogP contribution is 2.10. The van der Waals surface area contributed by atoms with Gasteiger partial charge >= 0.3 is 0 Å². The molecule has 1 aromatic carbocycles. The molecule has 0 radical (unpaired) electrons. The number of hydrogen-bond donors (Lipinski definition) is 1. The van der Waals surface area contributed by atoms with Crippen molar-refractivity contribution in [1.29, 1.82) is 0 Å². The van der Waals surface area contributed by atoms with Gasteiger partial charge in [-0.15, -0.1) is 5.10 Å². The summed E-state index contributed by atoms with van der Waals surface area (Å²) in [6.45, 7) is 4.48. The predicted octanol–water partition coefficient (Wildman–Crippen LogP) is 1.24. The van der Waals surface area contributed by atoms with E-state index in [1.807, 2.05) is 32.0 Å². The van der Waals surface area contributed by atoms with Gasteiger partial charge in [-0.25, -0.2) is 4.68 Å². The van der Waals surface area contributed by atoms with E-state index in [0.717, 1.165) is 11.1 Å². The second-order valence-corrected chi connectivity index (χ2v) is 4.41. The third kappa shape index (κ3) is 2.81. The molecule has 0 fully saturated rings. The molecule has 2 rings (SSSR count). The Bertz CT molecular complexity index is 554. The highest BCUT2D eigenvalue weighted by atomic mass is 16.1. The first-order chi connectivity index (χ1) is 8.58. The topological polar surface area (TPSA) is 73.8 Å². The number of rotatable bonds is 4. The van der Waals surface area contributed by atoms with Crippen molar-refractivity contribution in [3.8, 4) is 0 Å². The average molecular weight is 244 g/mol. The molecule has 0 aliphatic rings. The van der Waals surface area contributed by atoms with Gasteiger partial charge in [0.25, 0.3) is 0 Å². The Labute approximate surface area is 106 Å². The van der Waals surface area contributed by atoms with E-state index in [4.69, 9.17) is 5.73 Å². The fraction of sp³-hybridized carbons (Fsp3) is 0.308. The van der Waals surface area contributed by atoms with Crippen molar-refractivity contribution < 1.29 is 4.79 Å². The lowest BCUT2D eigenvalue weighted by Crippen LogP contribution is -2.11. The zero-order valence-corrected chi connectivity index (χ0v) is 10.6. The van der Waals surface area contributed by atoms with Crippen LogP contribution in [0.25, 0.3) is 0 Å². The minimum atomic E-state index is 0.0234. The van der Waals surface area contributed by atoms with Crippen LogP contribution in [0.3, 0.4) is 0 Å². The maximum Gasteiger partial charge on any atom is 0.184 e. The summed E-state index contributed by atoms with van der Waals surface area (Å²) in [7, 11) is 0. The van der Waals surface area contributed by atoms with Gasteiger partial charge in [0.1, 0.15) is 6.54 Å². The summed E-state index contributed by atoms with van der Waals surface area (Å²) < 4.78 is 1.52. The lowest BCUT2D eigenvalue weighted by atomic mass is 10.0. The molecule has 0 aliphatic heterocycles. The maximum atomic E-state index is 12.1. The molecule has 0 unspecified atom stereocenters. The molecule has 0 amide bonds. The van der Waals surface area contributed by atoms with Gasteiger partial charge in [-0.2, -0.15) is 0 Å². The number of carbonyl (C=O) groups excluding carboxylic acids is 1. The van der Waals surface area contributed by atoms with Crippen LogP contribution in [0, 0.1) is 13.8 Å². The minimum Gasteiger partial charge on any atom is -0.325 e. The van der Waals surface area contributed by atoms with Crippen LogP contribution in [0.4, 0.5) is 0 Å². The standard InChI is InChI=1S/C13H16N4O/c1-9-3-10(2)5-11(4-9)13(18)8-17-7-12(6-14)15-16-17/h3-5,7H,6,8,14H2,1-2H3. The fourth-order valence-electron chi connectivity index (χ4n) is 1.88. The summed E-state index contributed by atoms with van der Waals surface area (Å²) in [5, 5.41) is 7.72. The van der Waals surface area contributed by atoms with Gasteiger partial charge in [0.15, 0.2) is 5.78 Å². The number of Topliss-reactive ketones (excluding diaryl/α,β-unsaturated/α-hetero) is 1. The van der Waals surface area contributed by atoms with Gasteiger partial charge in [0, 0.05) is 12.1 Å². The molecule has 18 heavy (non-hydrogen) atoms. The molecule has 1 heterocycles. The average Bonchev–Trinajstić information content (AvgIpc) is 2.75. The van der Waals surface area contributed by atoms with E-state index in [1.165, 1.54) is 4.68 Å². The predicted molar refractivity (Wildman–Crippen MR) is 68.2 cm³/mol. The van der Waals surface area contributed by atoms with Crippen molar-refractivity contribution in [2.45, 2.75) is 26.9 Å². The molecular formula is C13H16N4O. The summed E-state index contributed by atoms with van der Waals surface area (Å²) in [6.07, 6.45) is 1.69. The first-order valence-electron chi connectivity index (χ1n) is 5.79. The van der Waals surface area contributed by atoms with Gasteiger partial charge < -0.3 is 5.73 Å². The second kappa shape index (κ2) is 5.10. The zero-order valence-electron chi connectivity index (χ0n) is 10.6. The Hall–Kier alpha value is -2.01. The number of nitrogens with two attached hydrogens (primary N) is 1. The van der Waals surface area contributed by atoms with Crippen LogP contribution in [-0.2, 0) is 13.1 Å². The first-order valence-corrected chi connectivity index (χ1v) is 5.79. The maximum absolute atomic E-state index is 12.1. The molecule has 2 N–H and O–H groups in total. The van der Waals surface area contributed by atoms with E-state index >= 15 is 0 Å². The molecular weight excluding hydrogens is 228 g/mol. The van der Waals surface area contributed by atoms with Crippen LogP contribution in [0.1, 0.15) is 27.2 Å². The Balaban J connectivity index is 2.16. The van der Waals surface area contributed by atoms with Gasteiger partial charge in [0.2, 0.25) is 0 Å². The van der Waals surface area contributed by atoms with Crippen LogP contribution in [0.2, 0.25) is 0 Å². The highest BCUT2D eigenvalue weighted by molar-refractivity contribution is 5.96. The summed E-state index contributed by atoms with van der Waals surface area (Å²) in [5.41, 5.74) is 9.00. The van der Waals surface area contributed by atoms with Crippen LogP contribution >= 0.6 is 0 Å². The van der Waals surface area contributed by atoms with Crippen molar-refractivity contribution in [2.75, 3.05) is 0 Å². The minimum absolute atomic E-state index is 0.0234. The van der Waals surface area contributed by atoms with E-state index in [9.17, 15) is 4.79 Å². The molecule has 0 spiro atoms. The third-order valence-electron chi connectivity index (χ3n) is 2.64. The highest BCUT2D eigenvalue weighted by Gasteiger charge is 2.09. The van der Waals surface area contributed by atoms with Gasteiger partial charge in [-0.1, -0.05) is 22.4 Å². The SMILES string of the molecule is Cc1cc(C)cc(C(=O)Cn2cc(CN)nn2)c1. The molecule has 0 saturated heterocycles. The van der Waals surface area contributed by atoms with Gasteiger partial charge in [0.05, 0.1) is 11.9 Å². The molecule has 2 aromatic rings. The summed E-state index contributed by atoms with van der Waals surface area (Å²) in [6, 6.07) is 5.81. The van der Waals surface area contributed by atoms with E-state index in [-0.39, 0.29) is 12.3 Å². The normalized spacial score (nSPS) is 10.6. The van der Waals surface area contributed by atoms with E-state index < -0.39 is 0 Å². The monoisotopic (exact) mass is 244 g/mol. The first kappa shape index (κ1) is 12.4.